The molecule has 4 aromatic rings. The van der Waals surface area contributed by atoms with Crippen LogP contribution in [-0.4, -0.2) is 27.8 Å². The molecule has 3 aromatic carbocycles. The van der Waals surface area contributed by atoms with E-state index in [2.05, 4.69) is 54.2 Å². The summed E-state index contributed by atoms with van der Waals surface area (Å²) >= 11 is 0. The Bertz CT molecular complexity index is 1530. The second kappa shape index (κ2) is 12.1. The number of nitrogens with zero attached hydrogens (tertiary/aromatic N) is 1. The van der Waals surface area contributed by atoms with Gasteiger partial charge in [-0.15, -0.1) is 0 Å². The minimum atomic E-state index is -0.152. The standard InChI is InChI=1S/C34H41N5O/c1-4-5-17-32(39-22(2)11-9-12-23(39)3)30-19-27(37-26-15-7-6-8-16-26)20-31-29(30)21-28(34(40)38-31)24-13-10-14-25(18-24)33(35)36/h6-8,10,13-16,18-23,32,37H,4-5,9,11-12,17H2,1-3H3,(H3,35,36)(H,38,40). The first-order chi connectivity index (χ1) is 19.4. The van der Waals surface area contributed by atoms with Crippen molar-refractivity contribution in [3.05, 3.63) is 94.3 Å². The fourth-order valence-electron chi connectivity index (χ4n) is 6.36. The zero-order valence-electron chi connectivity index (χ0n) is 23.8. The third-order valence-electron chi connectivity index (χ3n) is 8.35. The van der Waals surface area contributed by atoms with E-state index in [0.29, 0.717) is 23.2 Å². The van der Waals surface area contributed by atoms with Crippen LogP contribution in [0.4, 0.5) is 11.4 Å². The van der Waals surface area contributed by atoms with Gasteiger partial charge in [-0.2, -0.15) is 0 Å². The van der Waals surface area contributed by atoms with Crippen LogP contribution in [0.3, 0.4) is 0 Å². The number of aromatic amines is 1. The molecule has 2 heterocycles. The molecule has 1 aromatic heterocycles. The third-order valence-corrected chi connectivity index (χ3v) is 8.35. The van der Waals surface area contributed by atoms with Gasteiger partial charge in [-0.25, -0.2) is 0 Å². The maximum Gasteiger partial charge on any atom is 0.256 e. The first kappa shape index (κ1) is 27.7. The van der Waals surface area contributed by atoms with Crippen LogP contribution < -0.4 is 16.6 Å². The molecular weight excluding hydrogens is 494 g/mol. The van der Waals surface area contributed by atoms with Gasteiger partial charge >= 0.3 is 0 Å². The van der Waals surface area contributed by atoms with Crippen molar-refractivity contribution in [2.24, 2.45) is 5.73 Å². The predicted octanol–water partition coefficient (Wildman–Crippen LogP) is 7.72. The summed E-state index contributed by atoms with van der Waals surface area (Å²) < 4.78 is 0. The number of nitrogens with two attached hydrogens (primary N) is 1. The molecule has 5 rings (SSSR count). The van der Waals surface area contributed by atoms with Gasteiger partial charge in [0.25, 0.3) is 5.56 Å². The number of benzene rings is 3. The predicted molar refractivity (Wildman–Crippen MR) is 168 cm³/mol. The number of hydrogen-bond acceptors (Lipinski definition) is 4. The molecule has 1 aliphatic heterocycles. The van der Waals surface area contributed by atoms with Crippen LogP contribution in [-0.2, 0) is 0 Å². The second-order valence-electron chi connectivity index (χ2n) is 11.3. The molecule has 0 radical (unpaired) electrons. The normalized spacial score (nSPS) is 18.5. The molecule has 0 aliphatic carbocycles. The van der Waals surface area contributed by atoms with Gasteiger partial charge in [-0.05, 0) is 80.6 Å². The Morgan fingerprint density at radius 2 is 1.77 bits per heavy atom. The van der Waals surface area contributed by atoms with E-state index >= 15 is 0 Å². The smallest absolute Gasteiger partial charge is 0.256 e. The van der Waals surface area contributed by atoms with E-state index in [1.807, 2.05) is 48.5 Å². The summed E-state index contributed by atoms with van der Waals surface area (Å²) in [5.74, 6) is -0.0101. The van der Waals surface area contributed by atoms with Crippen LogP contribution in [0.1, 0.15) is 76.5 Å². The van der Waals surface area contributed by atoms with Gasteiger partial charge in [0.2, 0.25) is 0 Å². The highest BCUT2D eigenvalue weighted by Crippen LogP contribution is 2.40. The first-order valence-electron chi connectivity index (χ1n) is 14.6. The van der Waals surface area contributed by atoms with Crippen LogP contribution in [0.5, 0.6) is 0 Å². The van der Waals surface area contributed by atoms with Gasteiger partial charge in [0.1, 0.15) is 5.84 Å². The first-order valence-corrected chi connectivity index (χ1v) is 14.6. The van der Waals surface area contributed by atoms with Crippen molar-refractivity contribution in [2.75, 3.05) is 5.32 Å². The number of aromatic nitrogens is 1. The Kier molecular flexibility index (Phi) is 8.36. The van der Waals surface area contributed by atoms with E-state index in [1.54, 1.807) is 6.07 Å². The monoisotopic (exact) mass is 535 g/mol. The van der Waals surface area contributed by atoms with Gasteiger partial charge in [0.05, 0.1) is 5.52 Å². The summed E-state index contributed by atoms with van der Waals surface area (Å²) in [4.78, 5) is 19.4. The van der Waals surface area contributed by atoms with Crippen LogP contribution >= 0.6 is 0 Å². The number of nitrogen functional groups attached to an aromatic ring is 1. The molecule has 0 bridgehead atoms. The maximum absolute atomic E-state index is 13.5. The highest BCUT2D eigenvalue weighted by Gasteiger charge is 2.33. The second-order valence-corrected chi connectivity index (χ2v) is 11.3. The lowest BCUT2D eigenvalue weighted by molar-refractivity contribution is 0.0496. The fourth-order valence-corrected chi connectivity index (χ4v) is 6.36. The highest BCUT2D eigenvalue weighted by atomic mass is 16.1. The summed E-state index contributed by atoms with van der Waals surface area (Å²) in [5, 5.41) is 12.5. The molecule has 6 heteroatoms. The molecule has 0 amide bonds. The minimum absolute atomic E-state index is 0.0101. The van der Waals surface area contributed by atoms with E-state index in [1.165, 1.54) is 24.8 Å². The van der Waals surface area contributed by atoms with Crippen molar-refractivity contribution in [1.82, 2.24) is 9.88 Å². The molecule has 0 spiro atoms. The number of rotatable bonds is 9. The molecular formula is C34H41N5O. The molecule has 1 saturated heterocycles. The summed E-state index contributed by atoms with van der Waals surface area (Å²) in [6.45, 7) is 6.98. The lowest BCUT2D eigenvalue weighted by Crippen LogP contribution is -2.46. The lowest BCUT2D eigenvalue weighted by atomic mass is 9.88. The van der Waals surface area contributed by atoms with Crippen molar-refractivity contribution >= 4 is 28.1 Å². The average molecular weight is 536 g/mol. The largest absolute Gasteiger partial charge is 0.384 e. The third kappa shape index (κ3) is 5.82. The number of likely N-dealkylation sites (tertiary alicyclic amines) is 1. The topological polar surface area (TPSA) is 98.0 Å². The van der Waals surface area contributed by atoms with Crippen LogP contribution in [0.2, 0.25) is 0 Å². The van der Waals surface area contributed by atoms with Crippen LogP contribution in [0, 0.1) is 5.41 Å². The molecule has 6 nitrogen and oxygen atoms in total. The van der Waals surface area contributed by atoms with Crippen molar-refractivity contribution < 1.29 is 0 Å². The van der Waals surface area contributed by atoms with Gasteiger partial charge < -0.3 is 16.0 Å². The van der Waals surface area contributed by atoms with E-state index in [4.69, 9.17) is 11.1 Å². The van der Waals surface area contributed by atoms with E-state index in [9.17, 15) is 4.79 Å². The van der Waals surface area contributed by atoms with E-state index in [-0.39, 0.29) is 17.4 Å². The van der Waals surface area contributed by atoms with Crippen molar-refractivity contribution in [2.45, 2.75) is 77.4 Å². The number of fused-ring (bicyclic) bond motifs is 1. The van der Waals surface area contributed by atoms with Gasteiger partial charge in [-0.3, -0.25) is 15.1 Å². The number of piperidine rings is 1. The summed E-state index contributed by atoms with van der Waals surface area (Å²) in [7, 11) is 0. The number of pyridine rings is 1. The van der Waals surface area contributed by atoms with Gasteiger partial charge in [-0.1, -0.05) is 62.6 Å². The number of amidine groups is 1. The molecule has 3 atom stereocenters. The Morgan fingerprint density at radius 3 is 2.48 bits per heavy atom. The molecule has 1 fully saturated rings. The Balaban J connectivity index is 1.72. The summed E-state index contributed by atoms with van der Waals surface area (Å²) in [5.41, 5.74) is 11.6. The Morgan fingerprint density at radius 1 is 1.02 bits per heavy atom. The number of nitrogens with one attached hydrogen (secondary N) is 3. The molecule has 3 unspecified atom stereocenters. The SMILES string of the molecule is CCCCC(c1cc(Nc2ccccc2)cc2[nH]c(=O)c(-c3cccc(C(=N)N)c3)cc12)N1C(C)CCCC1C. The molecule has 0 saturated carbocycles. The molecule has 5 N–H and O–H groups in total. The van der Waals surface area contributed by atoms with Gasteiger partial charge in [0, 0.05) is 46.0 Å². The Labute approximate surface area is 237 Å². The Hall–Kier alpha value is -3.90. The number of hydrogen-bond donors (Lipinski definition) is 4. The minimum Gasteiger partial charge on any atom is -0.384 e. The molecule has 40 heavy (non-hydrogen) atoms. The van der Waals surface area contributed by atoms with Crippen LogP contribution in [0.15, 0.2) is 77.6 Å². The van der Waals surface area contributed by atoms with Crippen molar-refractivity contribution in [3.63, 3.8) is 0 Å². The van der Waals surface area contributed by atoms with Gasteiger partial charge in [0.15, 0.2) is 0 Å². The number of unbranched alkanes of at least 4 members (excludes halogenated alkanes) is 1. The van der Waals surface area contributed by atoms with Crippen molar-refractivity contribution in [3.8, 4) is 11.1 Å². The zero-order chi connectivity index (χ0) is 28.2. The van der Waals surface area contributed by atoms with Crippen LogP contribution in [0.25, 0.3) is 22.0 Å². The molecule has 208 valence electrons. The van der Waals surface area contributed by atoms with E-state index < -0.39 is 0 Å². The summed E-state index contributed by atoms with van der Waals surface area (Å²) in [6, 6.07) is 25.1. The van der Waals surface area contributed by atoms with Crippen molar-refractivity contribution in [1.29, 1.82) is 5.41 Å². The average Bonchev–Trinajstić information content (AvgIpc) is 2.94. The number of anilines is 2. The van der Waals surface area contributed by atoms with E-state index in [0.717, 1.165) is 47.1 Å². The number of H-pyrrole nitrogens is 1. The lowest BCUT2D eigenvalue weighted by Gasteiger charge is -2.45. The maximum atomic E-state index is 13.5. The quantitative estimate of drug-likeness (QED) is 0.130. The number of para-hydroxylation sites is 1. The zero-order valence-corrected chi connectivity index (χ0v) is 23.8. The fraction of sp³-hybridized carbons (Fsp3) is 0.353. The summed E-state index contributed by atoms with van der Waals surface area (Å²) in [6.07, 6.45) is 6.99. The molecule has 1 aliphatic rings. The highest BCUT2D eigenvalue weighted by molar-refractivity contribution is 5.96.